The second-order valence-corrected chi connectivity index (χ2v) is 7.28. The fraction of sp³-hybridized carbons (Fsp3) is 0.286. The average molecular weight is 405 g/mol. The van der Waals surface area contributed by atoms with Gasteiger partial charge >= 0.3 is 0 Å². The zero-order valence-corrected chi connectivity index (χ0v) is 16.6. The van der Waals surface area contributed by atoms with Crippen LogP contribution in [0.3, 0.4) is 0 Å². The summed E-state index contributed by atoms with van der Waals surface area (Å²) in [4.78, 5) is 11.2. The van der Waals surface area contributed by atoms with Crippen molar-refractivity contribution in [3.8, 4) is 11.4 Å². The van der Waals surface area contributed by atoms with Gasteiger partial charge < -0.3 is 24.6 Å². The number of nitrogens with zero attached hydrogens (tertiary/aromatic N) is 6. The predicted octanol–water partition coefficient (Wildman–Crippen LogP) is 2.63. The first-order chi connectivity index (χ1) is 14.7. The molecule has 9 nitrogen and oxygen atoms in total. The van der Waals surface area contributed by atoms with E-state index in [1.807, 2.05) is 51.9 Å². The molecular weight excluding hydrogens is 382 g/mol. The minimum absolute atomic E-state index is 0.0908. The quantitative estimate of drug-likeness (QED) is 0.509. The molecule has 9 heteroatoms. The van der Waals surface area contributed by atoms with Crippen molar-refractivity contribution in [3.63, 3.8) is 0 Å². The van der Waals surface area contributed by atoms with Crippen LogP contribution in [-0.4, -0.2) is 55.6 Å². The third kappa shape index (κ3) is 3.33. The number of rotatable bonds is 6. The van der Waals surface area contributed by atoms with Gasteiger partial charge in [-0.05, 0) is 31.0 Å². The highest BCUT2D eigenvalue weighted by Gasteiger charge is 2.27. The van der Waals surface area contributed by atoms with Gasteiger partial charge in [0.15, 0.2) is 5.82 Å². The Morgan fingerprint density at radius 3 is 3.07 bits per heavy atom. The van der Waals surface area contributed by atoms with E-state index in [2.05, 4.69) is 20.3 Å². The van der Waals surface area contributed by atoms with E-state index in [-0.39, 0.29) is 12.6 Å². The maximum absolute atomic E-state index is 9.75. The van der Waals surface area contributed by atoms with Gasteiger partial charge in [-0.1, -0.05) is 0 Å². The number of hydrogen-bond acceptors (Lipinski definition) is 7. The molecule has 1 atom stereocenters. The molecule has 1 aliphatic heterocycles. The van der Waals surface area contributed by atoms with Crippen molar-refractivity contribution in [1.29, 1.82) is 0 Å². The van der Waals surface area contributed by atoms with Crippen LogP contribution < -0.4 is 15.0 Å². The van der Waals surface area contributed by atoms with Crippen molar-refractivity contribution in [1.82, 2.24) is 24.1 Å². The molecule has 1 fully saturated rings. The molecule has 2 N–H and O–H groups in total. The molecule has 0 spiro atoms. The second-order valence-electron chi connectivity index (χ2n) is 7.28. The molecule has 5 rings (SSSR count). The van der Waals surface area contributed by atoms with E-state index in [0.29, 0.717) is 11.7 Å². The lowest BCUT2D eigenvalue weighted by Crippen LogP contribution is -2.33. The van der Waals surface area contributed by atoms with Crippen LogP contribution in [0.1, 0.15) is 12.8 Å². The van der Waals surface area contributed by atoms with Crippen LogP contribution in [-0.2, 0) is 0 Å². The summed E-state index contributed by atoms with van der Waals surface area (Å²) in [7, 11) is 1.62. The highest BCUT2D eigenvalue weighted by atomic mass is 16.5. The first-order valence-electron chi connectivity index (χ1n) is 9.92. The maximum Gasteiger partial charge on any atom is 0.247 e. The number of fused-ring (bicyclic) bond motifs is 1. The lowest BCUT2D eigenvalue weighted by atomic mass is 10.2. The Labute approximate surface area is 173 Å². The molecule has 0 unspecified atom stereocenters. The number of aliphatic hydroxyl groups excluding tert-OH is 1. The summed E-state index contributed by atoms with van der Waals surface area (Å²) in [5, 5.41) is 17.6. The summed E-state index contributed by atoms with van der Waals surface area (Å²) in [6.07, 6.45) is 11.3. The molecule has 0 aromatic carbocycles. The van der Waals surface area contributed by atoms with Gasteiger partial charge in [-0.15, -0.1) is 5.10 Å². The van der Waals surface area contributed by atoms with E-state index < -0.39 is 0 Å². The molecule has 0 aliphatic carbocycles. The van der Waals surface area contributed by atoms with Crippen molar-refractivity contribution in [2.24, 2.45) is 0 Å². The van der Waals surface area contributed by atoms with E-state index in [4.69, 9.17) is 9.72 Å². The molecule has 0 radical (unpaired) electrons. The Kier molecular flexibility index (Phi) is 4.72. The maximum atomic E-state index is 9.75. The highest BCUT2D eigenvalue weighted by Crippen LogP contribution is 2.29. The topological polar surface area (TPSA) is 92.7 Å². The van der Waals surface area contributed by atoms with Crippen molar-refractivity contribution in [3.05, 3.63) is 55.2 Å². The monoisotopic (exact) mass is 405 g/mol. The predicted molar refractivity (Wildman–Crippen MR) is 114 cm³/mol. The zero-order chi connectivity index (χ0) is 20.5. The number of nitrogens with one attached hydrogen (secondary N) is 1. The SMILES string of the molecule is COc1cncc(-n2ccc(Nc3nc(N4CCC[C@H]4CO)c4cccn4n3)c2)c1. The molecule has 30 heavy (non-hydrogen) atoms. The van der Waals surface area contributed by atoms with Crippen molar-refractivity contribution >= 4 is 23.0 Å². The van der Waals surface area contributed by atoms with Gasteiger partial charge in [-0.3, -0.25) is 4.98 Å². The molecule has 0 saturated carbocycles. The summed E-state index contributed by atoms with van der Waals surface area (Å²) in [5.74, 6) is 2.04. The summed E-state index contributed by atoms with van der Waals surface area (Å²) >= 11 is 0. The summed E-state index contributed by atoms with van der Waals surface area (Å²) in [5.41, 5.74) is 2.68. The molecule has 0 bridgehead atoms. The van der Waals surface area contributed by atoms with Crippen LogP contribution in [0.25, 0.3) is 11.2 Å². The summed E-state index contributed by atoms with van der Waals surface area (Å²) < 4.78 is 9.03. The van der Waals surface area contributed by atoms with Crippen LogP contribution >= 0.6 is 0 Å². The number of methoxy groups -OCH3 is 1. The van der Waals surface area contributed by atoms with Crippen LogP contribution in [0.5, 0.6) is 5.75 Å². The smallest absolute Gasteiger partial charge is 0.247 e. The van der Waals surface area contributed by atoms with Crippen molar-refractivity contribution < 1.29 is 9.84 Å². The number of aromatic nitrogens is 5. The zero-order valence-electron chi connectivity index (χ0n) is 16.6. The van der Waals surface area contributed by atoms with Crippen LogP contribution in [0.2, 0.25) is 0 Å². The van der Waals surface area contributed by atoms with E-state index in [9.17, 15) is 5.11 Å². The van der Waals surface area contributed by atoms with Gasteiger partial charge in [-0.2, -0.15) is 4.98 Å². The molecular formula is C21H23N7O2. The van der Waals surface area contributed by atoms with Crippen LogP contribution in [0, 0.1) is 0 Å². The minimum atomic E-state index is 0.0908. The number of pyridine rings is 1. The third-order valence-electron chi connectivity index (χ3n) is 5.41. The lowest BCUT2D eigenvalue weighted by molar-refractivity contribution is 0.266. The Bertz CT molecular complexity index is 1170. The fourth-order valence-electron chi connectivity index (χ4n) is 3.91. The first kappa shape index (κ1) is 18.4. The standard InChI is InChI=1S/C21H23N7O2/c1-30-18-10-17(11-22-12-18)26-9-6-15(13-26)23-21-24-20(19-5-3-8-28(19)25-21)27-7-2-4-16(27)14-29/h3,5-6,8-13,16,29H,2,4,7,14H2,1H3,(H,23,25)/t16-/m0/s1. The summed E-state index contributed by atoms with van der Waals surface area (Å²) in [6, 6.07) is 7.91. The number of hydrogen-bond donors (Lipinski definition) is 2. The van der Waals surface area contributed by atoms with E-state index in [1.165, 1.54) is 0 Å². The molecule has 5 heterocycles. The van der Waals surface area contributed by atoms with Gasteiger partial charge in [0.2, 0.25) is 5.95 Å². The van der Waals surface area contributed by atoms with E-state index >= 15 is 0 Å². The van der Waals surface area contributed by atoms with Gasteiger partial charge in [0, 0.05) is 31.2 Å². The minimum Gasteiger partial charge on any atom is -0.495 e. The summed E-state index contributed by atoms with van der Waals surface area (Å²) in [6.45, 7) is 0.999. The highest BCUT2D eigenvalue weighted by molar-refractivity contribution is 5.71. The van der Waals surface area contributed by atoms with Gasteiger partial charge in [0.25, 0.3) is 0 Å². The van der Waals surface area contributed by atoms with Gasteiger partial charge in [-0.25, -0.2) is 4.52 Å². The number of aliphatic hydroxyl groups is 1. The molecule has 1 saturated heterocycles. The average Bonchev–Trinajstić information content (AvgIpc) is 3.53. The van der Waals surface area contributed by atoms with Crippen molar-refractivity contribution in [2.45, 2.75) is 18.9 Å². The first-order valence-corrected chi connectivity index (χ1v) is 9.92. The lowest BCUT2D eigenvalue weighted by Gasteiger charge is -2.25. The normalized spacial score (nSPS) is 16.3. The largest absolute Gasteiger partial charge is 0.495 e. The Balaban J connectivity index is 1.45. The Morgan fingerprint density at radius 2 is 2.20 bits per heavy atom. The van der Waals surface area contributed by atoms with Crippen LogP contribution in [0.4, 0.5) is 17.5 Å². The Hall–Kier alpha value is -3.59. The Morgan fingerprint density at radius 1 is 1.27 bits per heavy atom. The molecule has 1 aliphatic rings. The van der Waals surface area contributed by atoms with E-state index in [0.717, 1.165) is 42.1 Å². The molecule has 0 amide bonds. The molecule has 154 valence electrons. The van der Waals surface area contributed by atoms with Crippen molar-refractivity contribution in [2.75, 3.05) is 30.5 Å². The molecule has 4 aromatic rings. The fourth-order valence-corrected chi connectivity index (χ4v) is 3.91. The van der Waals surface area contributed by atoms with Gasteiger partial charge in [0.05, 0.1) is 43.5 Å². The number of ether oxygens (including phenoxy) is 1. The second kappa shape index (κ2) is 7.68. The van der Waals surface area contributed by atoms with E-state index in [1.54, 1.807) is 19.5 Å². The molecule has 4 aromatic heterocycles. The number of anilines is 3. The third-order valence-corrected chi connectivity index (χ3v) is 5.41. The van der Waals surface area contributed by atoms with Gasteiger partial charge in [0.1, 0.15) is 11.3 Å². The van der Waals surface area contributed by atoms with Crippen LogP contribution in [0.15, 0.2) is 55.2 Å².